The number of nitrogens with zero attached hydrogens (tertiary/aromatic N) is 1. The highest BCUT2D eigenvalue weighted by Crippen LogP contribution is 2.28. The highest BCUT2D eigenvalue weighted by atomic mass is 16.2. The van der Waals surface area contributed by atoms with E-state index in [1.807, 2.05) is 4.90 Å². The van der Waals surface area contributed by atoms with Crippen molar-refractivity contribution in [2.24, 2.45) is 11.7 Å². The fraction of sp³-hybridized carbons (Fsp3) is 0.727. The molecule has 2 aliphatic heterocycles. The van der Waals surface area contributed by atoms with E-state index in [2.05, 4.69) is 19.2 Å². The topological polar surface area (TPSA) is 58.4 Å². The molecule has 1 amide bonds. The Morgan fingerprint density at radius 1 is 1.47 bits per heavy atom. The predicted octanol–water partition coefficient (Wildman–Crippen LogP) is 0.407. The number of nitrogens with one attached hydrogen (secondary N) is 1. The molecule has 0 aliphatic carbocycles. The van der Waals surface area contributed by atoms with Gasteiger partial charge in [0.15, 0.2) is 0 Å². The summed E-state index contributed by atoms with van der Waals surface area (Å²) in [6, 6.07) is -0.000417. The molecule has 0 aromatic heterocycles. The van der Waals surface area contributed by atoms with Crippen LogP contribution in [-0.2, 0) is 4.79 Å². The SMILES string of the molecule is CC(C)C(N)C1=C2NCCCN2C(=O)C1. The van der Waals surface area contributed by atoms with Crippen molar-refractivity contribution in [3.63, 3.8) is 0 Å². The minimum absolute atomic E-state index is 0.000417. The maximum Gasteiger partial charge on any atom is 0.232 e. The Morgan fingerprint density at radius 3 is 2.87 bits per heavy atom. The van der Waals surface area contributed by atoms with Crippen LogP contribution in [0.15, 0.2) is 11.4 Å². The summed E-state index contributed by atoms with van der Waals surface area (Å²) in [5.41, 5.74) is 7.21. The number of carbonyl (C=O) groups excluding carboxylic acids is 1. The van der Waals surface area contributed by atoms with Crippen LogP contribution >= 0.6 is 0 Å². The van der Waals surface area contributed by atoms with Gasteiger partial charge in [-0.25, -0.2) is 0 Å². The van der Waals surface area contributed by atoms with Gasteiger partial charge in [-0.2, -0.15) is 0 Å². The van der Waals surface area contributed by atoms with Gasteiger partial charge in [-0.3, -0.25) is 9.69 Å². The van der Waals surface area contributed by atoms with Crippen molar-refractivity contribution in [2.75, 3.05) is 13.1 Å². The van der Waals surface area contributed by atoms with Crippen LogP contribution in [0, 0.1) is 5.92 Å². The van der Waals surface area contributed by atoms with Gasteiger partial charge in [0, 0.05) is 19.1 Å². The highest BCUT2D eigenvalue weighted by Gasteiger charge is 2.34. The Hall–Kier alpha value is -1.03. The van der Waals surface area contributed by atoms with E-state index in [0.29, 0.717) is 12.3 Å². The smallest absolute Gasteiger partial charge is 0.232 e. The molecule has 1 atom stereocenters. The van der Waals surface area contributed by atoms with Crippen molar-refractivity contribution in [1.82, 2.24) is 10.2 Å². The molecule has 4 heteroatoms. The van der Waals surface area contributed by atoms with E-state index in [0.717, 1.165) is 30.9 Å². The highest BCUT2D eigenvalue weighted by molar-refractivity contribution is 5.84. The molecule has 2 heterocycles. The van der Waals surface area contributed by atoms with Crippen molar-refractivity contribution in [1.29, 1.82) is 0 Å². The van der Waals surface area contributed by atoms with Gasteiger partial charge in [0.05, 0.1) is 6.42 Å². The van der Waals surface area contributed by atoms with Crippen LogP contribution in [0.1, 0.15) is 26.7 Å². The van der Waals surface area contributed by atoms with E-state index in [9.17, 15) is 4.79 Å². The first-order valence-electron chi connectivity index (χ1n) is 5.64. The van der Waals surface area contributed by atoms with Gasteiger partial charge in [-0.15, -0.1) is 0 Å². The van der Waals surface area contributed by atoms with Crippen LogP contribution in [0.3, 0.4) is 0 Å². The lowest BCUT2D eigenvalue weighted by atomic mass is 9.95. The number of nitrogens with two attached hydrogens (primary N) is 1. The number of amides is 1. The molecule has 0 spiro atoms. The molecule has 15 heavy (non-hydrogen) atoms. The second-order valence-corrected chi connectivity index (χ2v) is 4.65. The molecule has 1 saturated heterocycles. The summed E-state index contributed by atoms with van der Waals surface area (Å²) in [5, 5.41) is 3.30. The zero-order valence-electron chi connectivity index (χ0n) is 9.42. The van der Waals surface area contributed by atoms with E-state index in [1.54, 1.807) is 0 Å². The quantitative estimate of drug-likeness (QED) is 0.692. The van der Waals surface area contributed by atoms with Crippen LogP contribution in [0.2, 0.25) is 0 Å². The predicted molar refractivity (Wildman–Crippen MR) is 58.8 cm³/mol. The van der Waals surface area contributed by atoms with Crippen molar-refractivity contribution in [3.8, 4) is 0 Å². The average molecular weight is 209 g/mol. The van der Waals surface area contributed by atoms with E-state index in [1.165, 1.54) is 0 Å². The Bertz CT molecular complexity index is 309. The Kier molecular flexibility index (Phi) is 2.69. The molecule has 2 aliphatic rings. The number of hydrogen-bond donors (Lipinski definition) is 2. The van der Waals surface area contributed by atoms with E-state index in [4.69, 9.17) is 5.73 Å². The summed E-state index contributed by atoms with van der Waals surface area (Å²) < 4.78 is 0. The molecular weight excluding hydrogens is 190 g/mol. The summed E-state index contributed by atoms with van der Waals surface area (Å²) in [6.45, 7) is 5.98. The van der Waals surface area contributed by atoms with E-state index in [-0.39, 0.29) is 11.9 Å². The van der Waals surface area contributed by atoms with E-state index >= 15 is 0 Å². The molecule has 0 saturated carbocycles. The minimum atomic E-state index is -0.000417. The third-order valence-corrected chi connectivity index (χ3v) is 3.19. The first-order valence-corrected chi connectivity index (χ1v) is 5.64. The second kappa shape index (κ2) is 3.85. The van der Waals surface area contributed by atoms with Gasteiger partial charge in [0.1, 0.15) is 5.82 Å². The molecule has 84 valence electrons. The number of rotatable bonds is 2. The largest absolute Gasteiger partial charge is 0.371 e. The number of hydrogen-bond acceptors (Lipinski definition) is 3. The minimum Gasteiger partial charge on any atom is -0.371 e. The van der Waals surface area contributed by atoms with Crippen LogP contribution in [0.4, 0.5) is 0 Å². The first kappa shape index (κ1) is 10.5. The van der Waals surface area contributed by atoms with Gasteiger partial charge in [0.25, 0.3) is 0 Å². The van der Waals surface area contributed by atoms with Crippen LogP contribution in [-0.4, -0.2) is 29.9 Å². The van der Waals surface area contributed by atoms with Crippen LogP contribution in [0.5, 0.6) is 0 Å². The summed E-state index contributed by atoms with van der Waals surface area (Å²) in [5.74, 6) is 1.57. The molecule has 1 unspecified atom stereocenters. The zero-order valence-corrected chi connectivity index (χ0v) is 9.42. The van der Waals surface area contributed by atoms with Crippen LogP contribution in [0.25, 0.3) is 0 Å². The van der Waals surface area contributed by atoms with Gasteiger partial charge < -0.3 is 11.1 Å². The van der Waals surface area contributed by atoms with Crippen molar-refractivity contribution in [3.05, 3.63) is 11.4 Å². The molecule has 0 aromatic rings. The van der Waals surface area contributed by atoms with Gasteiger partial charge in [0.2, 0.25) is 5.91 Å². The van der Waals surface area contributed by atoms with Crippen molar-refractivity contribution in [2.45, 2.75) is 32.7 Å². The normalized spacial score (nSPS) is 23.2. The summed E-state index contributed by atoms with van der Waals surface area (Å²) in [4.78, 5) is 13.6. The fourth-order valence-corrected chi connectivity index (χ4v) is 2.21. The van der Waals surface area contributed by atoms with E-state index < -0.39 is 0 Å². The molecular formula is C11H19N3O. The molecule has 0 aromatic carbocycles. The molecule has 0 radical (unpaired) electrons. The summed E-state index contributed by atoms with van der Waals surface area (Å²) >= 11 is 0. The molecule has 3 N–H and O–H groups in total. The molecule has 1 fully saturated rings. The molecule has 4 nitrogen and oxygen atoms in total. The summed E-state index contributed by atoms with van der Waals surface area (Å²) in [6.07, 6.45) is 1.53. The molecule has 0 bridgehead atoms. The second-order valence-electron chi connectivity index (χ2n) is 4.65. The zero-order chi connectivity index (χ0) is 11.0. The first-order chi connectivity index (χ1) is 7.11. The lowest BCUT2D eigenvalue weighted by Gasteiger charge is -2.28. The number of fused-ring (bicyclic) bond motifs is 1. The third-order valence-electron chi connectivity index (χ3n) is 3.19. The average Bonchev–Trinajstić information content (AvgIpc) is 2.56. The lowest BCUT2D eigenvalue weighted by molar-refractivity contribution is -0.127. The van der Waals surface area contributed by atoms with Crippen molar-refractivity contribution >= 4 is 5.91 Å². The maximum atomic E-state index is 11.7. The standard InChI is InChI=1S/C11H19N3O/c1-7(2)10(12)8-6-9(15)14-5-3-4-13-11(8)14/h7,10,13H,3-6,12H2,1-2H3. The Morgan fingerprint density at radius 2 is 2.20 bits per heavy atom. The molecule has 2 rings (SSSR count). The third kappa shape index (κ3) is 1.74. The van der Waals surface area contributed by atoms with Crippen molar-refractivity contribution < 1.29 is 4.79 Å². The summed E-state index contributed by atoms with van der Waals surface area (Å²) in [7, 11) is 0. The van der Waals surface area contributed by atoms with Gasteiger partial charge in [-0.1, -0.05) is 13.8 Å². The van der Waals surface area contributed by atoms with Crippen LogP contribution < -0.4 is 11.1 Å². The lowest BCUT2D eigenvalue weighted by Crippen LogP contribution is -2.40. The monoisotopic (exact) mass is 209 g/mol. The Labute approximate surface area is 90.5 Å². The number of carbonyl (C=O) groups is 1. The van der Waals surface area contributed by atoms with Gasteiger partial charge >= 0.3 is 0 Å². The van der Waals surface area contributed by atoms with Gasteiger partial charge in [-0.05, 0) is 17.9 Å². The fourth-order valence-electron chi connectivity index (χ4n) is 2.21. The Balaban J connectivity index is 2.26. The maximum absolute atomic E-state index is 11.7.